The Morgan fingerprint density at radius 2 is 2.08 bits per heavy atom. The van der Waals surface area contributed by atoms with Crippen molar-refractivity contribution in [1.82, 2.24) is 15.1 Å². The van der Waals surface area contributed by atoms with Crippen molar-refractivity contribution >= 4 is 0 Å². The normalized spacial score (nSPS) is 21.0. The van der Waals surface area contributed by atoms with Gasteiger partial charge in [-0.3, -0.25) is 4.68 Å². The molecule has 1 aromatic carbocycles. The lowest BCUT2D eigenvalue weighted by Crippen LogP contribution is -2.26. The molecule has 1 aromatic heterocycles. The summed E-state index contributed by atoms with van der Waals surface area (Å²) in [4.78, 5) is 0. The van der Waals surface area contributed by atoms with Crippen LogP contribution in [0.4, 0.5) is 0 Å². The van der Waals surface area contributed by atoms with Crippen molar-refractivity contribution in [3.05, 3.63) is 46.8 Å². The van der Waals surface area contributed by atoms with Gasteiger partial charge < -0.3 is 15.2 Å². The number of aliphatic hydroxyl groups is 1. The van der Waals surface area contributed by atoms with E-state index in [0.717, 1.165) is 30.8 Å². The van der Waals surface area contributed by atoms with Crippen LogP contribution in [-0.4, -0.2) is 28.0 Å². The summed E-state index contributed by atoms with van der Waals surface area (Å²) < 4.78 is 7.75. The molecule has 2 N–H and O–H groups in total. The number of hydrogen-bond donors (Lipinski definition) is 2. The van der Waals surface area contributed by atoms with Crippen molar-refractivity contribution in [3.8, 4) is 5.75 Å². The van der Waals surface area contributed by atoms with E-state index in [0.29, 0.717) is 6.54 Å². The van der Waals surface area contributed by atoms with E-state index in [9.17, 15) is 5.11 Å². The van der Waals surface area contributed by atoms with Crippen LogP contribution in [0.5, 0.6) is 5.75 Å². The Balaban J connectivity index is 1.52. The van der Waals surface area contributed by atoms with Gasteiger partial charge in [-0.05, 0) is 55.7 Å². The van der Waals surface area contributed by atoms with E-state index < -0.39 is 6.10 Å². The van der Waals surface area contributed by atoms with Gasteiger partial charge in [0, 0.05) is 37.0 Å². The van der Waals surface area contributed by atoms with Gasteiger partial charge in [-0.15, -0.1) is 0 Å². The molecule has 5 nitrogen and oxygen atoms in total. The van der Waals surface area contributed by atoms with Crippen LogP contribution < -0.4 is 10.1 Å². The van der Waals surface area contributed by atoms with Gasteiger partial charge in [0.05, 0.1) is 18.9 Å². The molecule has 1 aliphatic heterocycles. The lowest BCUT2D eigenvalue weighted by atomic mass is 9.88. The number of hydrogen-bond acceptors (Lipinski definition) is 4. The van der Waals surface area contributed by atoms with Gasteiger partial charge in [0.25, 0.3) is 0 Å². The zero-order chi connectivity index (χ0) is 17.2. The second-order valence-electron chi connectivity index (χ2n) is 7.28. The van der Waals surface area contributed by atoms with Gasteiger partial charge >= 0.3 is 0 Å². The number of nitrogens with zero attached hydrogens (tertiary/aromatic N) is 2. The summed E-state index contributed by atoms with van der Waals surface area (Å²) in [6.45, 7) is 1.29. The fourth-order valence-corrected chi connectivity index (χ4v) is 4.00. The summed E-state index contributed by atoms with van der Waals surface area (Å²) in [5.41, 5.74) is 5.05. The molecule has 4 rings (SSSR count). The monoisotopic (exact) mass is 341 g/mol. The molecule has 0 fully saturated rings. The fourth-order valence-electron chi connectivity index (χ4n) is 4.00. The first kappa shape index (κ1) is 16.6. The Morgan fingerprint density at radius 1 is 1.28 bits per heavy atom. The molecule has 0 bridgehead atoms. The van der Waals surface area contributed by atoms with Crippen LogP contribution >= 0.6 is 0 Å². The highest BCUT2D eigenvalue weighted by molar-refractivity contribution is 5.46. The molecule has 1 aliphatic carbocycles. The summed E-state index contributed by atoms with van der Waals surface area (Å²) in [5.74, 6) is 1.03. The van der Waals surface area contributed by atoms with Crippen molar-refractivity contribution in [1.29, 1.82) is 0 Å². The summed E-state index contributed by atoms with van der Waals surface area (Å²) in [7, 11) is 1.87. The van der Waals surface area contributed by atoms with Crippen molar-refractivity contribution < 1.29 is 9.84 Å². The number of ether oxygens (including phenoxy) is 1. The fraction of sp³-hybridized carbons (Fsp3) is 0.550. The quantitative estimate of drug-likeness (QED) is 0.898. The van der Waals surface area contributed by atoms with Crippen molar-refractivity contribution in [2.75, 3.05) is 13.2 Å². The molecule has 2 aliphatic rings. The predicted octanol–water partition coefficient (Wildman–Crippen LogP) is 2.84. The Bertz CT molecular complexity index is 741. The van der Waals surface area contributed by atoms with Crippen LogP contribution in [0.25, 0.3) is 0 Å². The molecule has 0 radical (unpaired) electrons. The number of fused-ring (bicyclic) bond motifs is 2. The van der Waals surface area contributed by atoms with Crippen LogP contribution in [0.2, 0.25) is 0 Å². The van der Waals surface area contributed by atoms with Crippen LogP contribution in [-0.2, 0) is 19.9 Å². The molecule has 2 heterocycles. The smallest absolute Gasteiger partial charge is 0.124 e. The van der Waals surface area contributed by atoms with Crippen LogP contribution in [0.1, 0.15) is 60.1 Å². The highest BCUT2D eigenvalue weighted by Gasteiger charge is 2.23. The topological polar surface area (TPSA) is 59.3 Å². The molecular weight excluding hydrogens is 314 g/mol. The molecule has 5 heteroatoms. The Hall–Kier alpha value is -1.85. The number of benzene rings is 1. The molecule has 0 saturated carbocycles. The summed E-state index contributed by atoms with van der Waals surface area (Å²) in [6.07, 6.45) is 10.0. The molecule has 25 heavy (non-hydrogen) atoms. The van der Waals surface area contributed by atoms with Gasteiger partial charge in [-0.25, -0.2) is 0 Å². The number of aromatic nitrogens is 2. The lowest BCUT2D eigenvalue weighted by Gasteiger charge is -2.24. The van der Waals surface area contributed by atoms with E-state index in [-0.39, 0.29) is 6.04 Å². The van der Waals surface area contributed by atoms with Gasteiger partial charge in [-0.1, -0.05) is 6.07 Å². The zero-order valence-electron chi connectivity index (χ0n) is 14.9. The third kappa shape index (κ3) is 3.58. The third-order valence-corrected chi connectivity index (χ3v) is 5.41. The van der Waals surface area contributed by atoms with E-state index in [1.807, 2.05) is 13.2 Å². The van der Waals surface area contributed by atoms with Gasteiger partial charge in [-0.2, -0.15) is 5.10 Å². The first-order chi connectivity index (χ1) is 12.2. The molecule has 2 aromatic rings. The maximum Gasteiger partial charge on any atom is 0.124 e. The molecule has 0 saturated heterocycles. The minimum absolute atomic E-state index is 0.232. The number of aliphatic hydroxyl groups excluding tert-OH is 1. The number of nitrogens with one attached hydrogen (secondary N) is 1. The minimum Gasteiger partial charge on any atom is -0.493 e. The Morgan fingerprint density at radius 3 is 2.84 bits per heavy atom. The lowest BCUT2D eigenvalue weighted by molar-refractivity contribution is 0.169. The van der Waals surface area contributed by atoms with Crippen LogP contribution in [0, 0.1) is 0 Å². The largest absolute Gasteiger partial charge is 0.493 e. The summed E-state index contributed by atoms with van der Waals surface area (Å²) in [5, 5.41) is 18.1. The molecule has 0 unspecified atom stereocenters. The second kappa shape index (κ2) is 7.18. The minimum atomic E-state index is -0.543. The number of aryl methyl sites for hydroxylation is 3. The Labute approximate surface area is 149 Å². The SMILES string of the molecule is Cn1cc([C@H](O)CN[C@H]2CCCOc3cc4c(cc32)CCCC4)cn1. The standard InChI is InChI=1S/C20H27N3O2/c1-23-13-16(11-22-23)19(24)12-21-18-7-4-8-25-20-10-15-6-3-2-5-14(15)9-17(18)20/h9-11,13,18-19,21,24H,2-8,12H2,1H3/t18-,19+/m0/s1. The average Bonchev–Trinajstić information content (AvgIpc) is 2.97. The third-order valence-electron chi connectivity index (χ3n) is 5.41. The maximum absolute atomic E-state index is 10.4. The van der Waals surface area contributed by atoms with E-state index >= 15 is 0 Å². The van der Waals surface area contributed by atoms with Crippen molar-refractivity contribution in [3.63, 3.8) is 0 Å². The molecule has 0 amide bonds. The van der Waals surface area contributed by atoms with E-state index in [4.69, 9.17) is 4.74 Å². The van der Waals surface area contributed by atoms with Crippen molar-refractivity contribution in [2.45, 2.75) is 50.7 Å². The second-order valence-corrected chi connectivity index (χ2v) is 7.28. The van der Waals surface area contributed by atoms with Gasteiger partial charge in [0.1, 0.15) is 5.75 Å². The van der Waals surface area contributed by atoms with E-state index in [1.165, 1.54) is 42.4 Å². The summed E-state index contributed by atoms with van der Waals surface area (Å²) >= 11 is 0. The van der Waals surface area contributed by atoms with Crippen molar-refractivity contribution in [2.24, 2.45) is 7.05 Å². The zero-order valence-corrected chi connectivity index (χ0v) is 14.9. The van der Waals surface area contributed by atoms with Gasteiger partial charge in [0.2, 0.25) is 0 Å². The predicted molar refractivity (Wildman–Crippen MR) is 96.7 cm³/mol. The van der Waals surface area contributed by atoms with E-state index in [2.05, 4.69) is 22.5 Å². The first-order valence-electron chi connectivity index (χ1n) is 9.39. The van der Waals surface area contributed by atoms with E-state index in [1.54, 1.807) is 10.9 Å². The first-order valence-corrected chi connectivity index (χ1v) is 9.39. The highest BCUT2D eigenvalue weighted by atomic mass is 16.5. The highest BCUT2D eigenvalue weighted by Crippen LogP contribution is 2.36. The summed E-state index contributed by atoms with van der Waals surface area (Å²) in [6, 6.07) is 4.85. The molecular formula is C20H27N3O2. The average molecular weight is 341 g/mol. The van der Waals surface area contributed by atoms with Crippen LogP contribution in [0.15, 0.2) is 24.5 Å². The Kier molecular flexibility index (Phi) is 4.77. The molecule has 0 spiro atoms. The maximum atomic E-state index is 10.4. The van der Waals surface area contributed by atoms with Gasteiger partial charge in [0.15, 0.2) is 0 Å². The molecule has 2 atom stereocenters. The van der Waals surface area contributed by atoms with Crippen LogP contribution in [0.3, 0.4) is 0 Å². The number of rotatable bonds is 4. The molecule has 134 valence electrons.